The first kappa shape index (κ1) is 22.1. The Morgan fingerprint density at radius 2 is 1.84 bits per heavy atom. The zero-order chi connectivity index (χ0) is 22.2. The number of carbonyl (C=O) groups excluding carboxylic acids is 2. The number of nitrogens with zero attached hydrogens (tertiary/aromatic N) is 1. The van der Waals surface area contributed by atoms with Crippen LogP contribution in [0, 0.1) is 0 Å². The van der Waals surface area contributed by atoms with Crippen LogP contribution in [-0.4, -0.2) is 43.7 Å². The highest BCUT2D eigenvalue weighted by atomic mass is 16.5. The van der Waals surface area contributed by atoms with Crippen molar-refractivity contribution in [3.8, 4) is 17.2 Å². The van der Waals surface area contributed by atoms with E-state index in [1.54, 1.807) is 30.5 Å². The number of hydrogen-bond donors (Lipinski definition) is 0. The number of aromatic nitrogens is 1. The van der Waals surface area contributed by atoms with Gasteiger partial charge in [-0.3, -0.25) is 14.6 Å². The van der Waals surface area contributed by atoms with Gasteiger partial charge in [0.1, 0.15) is 11.4 Å². The molecule has 0 N–H and O–H groups in total. The standard InChI is InChI=1S/C24H25NO6/c1-4-29-19-8-5-7-18(13-19)24(27)23-20-15-21(28-3)22(14-17(20)9-10-25-23)31-12-6-11-30-16(2)26/h5,7-10,13-15H,4,6,11-12H2,1-3H3. The van der Waals surface area contributed by atoms with Gasteiger partial charge in [0, 0.05) is 30.5 Å². The van der Waals surface area contributed by atoms with Crippen molar-refractivity contribution in [3.05, 3.63) is 59.9 Å². The number of ether oxygens (including phenoxy) is 4. The van der Waals surface area contributed by atoms with Crippen LogP contribution in [0.2, 0.25) is 0 Å². The third-order valence-electron chi connectivity index (χ3n) is 4.52. The second-order valence-corrected chi connectivity index (χ2v) is 6.72. The van der Waals surface area contributed by atoms with Crippen LogP contribution in [0.25, 0.3) is 10.8 Å². The van der Waals surface area contributed by atoms with Crippen molar-refractivity contribution in [2.45, 2.75) is 20.3 Å². The molecule has 7 nitrogen and oxygen atoms in total. The SMILES string of the molecule is CCOc1cccc(C(=O)c2nccc3cc(OCCCOC(C)=O)c(OC)cc23)c1. The first-order valence-corrected chi connectivity index (χ1v) is 10.0. The fourth-order valence-electron chi connectivity index (χ4n) is 3.12. The summed E-state index contributed by atoms with van der Waals surface area (Å²) in [5, 5.41) is 1.47. The number of carbonyl (C=O) groups is 2. The van der Waals surface area contributed by atoms with Gasteiger partial charge in [-0.2, -0.15) is 0 Å². The monoisotopic (exact) mass is 423 g/mol. The lowest BCUT2D eigenvalue weighted by Gasteiger charge is -2.13. The molecule has 0 atom stereocenters. The molecule has 0 aliphatic carbocycles. The molecule has 0 fully saturated rings. The molecule has 0 saturated heterocycles. The van der Waals surface area contributed by atoms with Crippen LogP contribution in [0.3, 0.4) is 0 Å². The van der Waals surface area contributed by atoms with E-state index in [-0.39, 0.29) is 18.4 Å². The number of methoxy groups -OCH3 is 1. The van der Waals surface area contributed by atoms with Crippen molar-refractivity contribution >= 4 is 22.5 Å². The molecule has 1 heterocycles. The smallest absolute Gasteiger partial charge is 0.302 e. The van der Waals surface area contributed by atoms with E-state index in [0.717, 1.165) is 5.39 Å². The number of fused-ring (bicyclic) bond motifs is 1. The number of benzene rings is 2. The van der Waals surface area contributed by atoms with E-state index in [0.29, 0.717) is 53.5 Å². The van der Waals surface area contributed by atoms with Gasteiger partial charge in [0.15, 0.2) is 11.5 Å². The van der Waals surface area contributed by atoms with E-state index in [2.05, 4.69) is 4.98 Å². The maximum absolute atomic E-state index is 13.2. The Bertz CT molecular complexity index is 1080. The summed E-state index contributed by atoms with van der Waals surface area (Å²) in [5.41, 5.74) is 0.821. The van der Waals surface area contributed by atoms with E-state index in [9.17, 15) is 9.59 Å². The van der Waals surface area contributed by atoms with E-state index >= 15 is 0 Å². The van der Waals surface area contributed by atoms with Crippen LogP contribution in [0.5, 0.6) is 17.2 Å². The molecule has 31 heavy (non-hydrogen) atoms. The van der Waals surface area contributed by atoms with Crippen molar-refractivity contribution in [2.75, 3.05) is 26.9 Å². The maximum atomic E-state index is 13.2. The van der Waals surface area contributed by atoms with Crippen molar-refractivity contribution in [1.82, 2.24) is 4.98 Å². The molecule has 0 spiro atoms. The molecule has 7 heteroatoms. The van der Waals surface area contributed by atoms with Gasteiger partial charge in [0.05, 0.1) is 26.9 Å². The second-order valence-electron chi connectivity index (χ2n) is 6.72. The number of esters is 1. The van der Waals surface area contributed by atoms with Gasteiger partial charge in [0.25, 0.3) is 0 Å². The van der Waals surface area contributed by atoms with Crippen LogP contribution >= 0.6 is 0 Å². The summed E-state index contributed by atoms with van der Waals surface area (Å²) in [7, 11) is 1.54. The molecular weight excluding hydrogens is 398 g/mol. The maximum Gasteiger partial charge on any atom is 0.302 e. The minimum atomic E-state index is -0.320. The van der Waals surface area contributed by atoms with E-state index < -0.39 is 0 Å². The van der Waals surface area contributed by atoms with Crippen molar-refractivity contribution in [3.63, 3.8) is 0 Å². The number of rotatable bonds is 10. The first-order valence-electron chi connectivity index (χ1n) is 10.0. The van der Waals surface area contributed by atoms with E-state index in [1.807, 2.05) is 25.1 Å². The second kappa shape index (κ2) is 10.4. The molecule has 0 aliphatic heterocycles. The minimum absolute atomic E-state index is 0.204. The summed E-state index contributed by atoms with van der Waals surface area (Å²) in [5.74, 6) is 1.14. The topological polar surface area (TPSA) is 84.0 Å². The summed E-state index contributed by atoms with van der Waals surface area (Å²) in [4.78, 5) is 28.3. The molecule has 162 valence electrons. The lowest BCUT2D eigenvalue weighted by Crippen LogP contribution is -2.07. The Hall–Kier alpha value is -3.61. The predicted octanol–water partition coefficient (Wildman–Crippen LogP) is 4.21. The summed E-state index contributed by atoms with van der Waals surface area (Å²) in [6.45, 7) is 4.42. The highest BCUT2D eigenvalue weighted by Crippen LogP contribution is 2.34. The first-order chi connectivity index (χ1) is 15.0. The molecule has 3 aromatic rings. The fraction of sp³-hybridized carbons (Fsp3) is 0.292. The molecule has 0 bridgehead atoms. The van der Waals surface area contributed by atoms with Gasteiger partial charge in [0.2, 0.25) is 5.78 Å². The Morgan fingerprint density at radius 1 is 1.00 bits per heavy atom. The van der Waals surface area contributed by atoms with Crippen molar-refractivity contribution in [1.29, 1.82) is 0 Å². The molecule has 0 aliphatic rings. The highest BCUT2D eigenvalue weighted by molar-refractivity contribution is 6.15. The largest absolute Gasteiger partial charge is 0.494 e. The molecule has 0 radical (unpaired) electrons. The molecule has 0 saturated carbocycles. The third kappa shape index (κ3) is 5.51. The van der Waals surface area contributed by atoms with Gasteiger partial charge in [-0.05, 0) is 42.6 Å². The molecule has 1 aromatic heterocycles. The Labute approximate surface area is 180 Å². The van der Waals surface area contributed by atoms with Crippen LogP contribution in [0.15, 0.2) is 48.7 Å². The highest BCUT2D eigenvalue weighted by Gasteiger charge is 2.17. The minimum Gasteiger partial charge on any atom is -0.494 e. The number of pyridine rings is 1. The summed E-state index contributed by atoms with van der Waals surface area (Å²) in [6, 6.07) is 12.4. The van der Waals surface area contributed by atoms with Crippen LogP contribution in [0.1, 0.15) is 36.3 Å². The summed E-state index contributed by atoms with van der Waals surface area (Å²) in [6.07, 6.45) is 2.15. The van der Waals surface area contributed by atoms with E-state index in [1.165, 1.54) is 14.0 Å². The van der Waals surface area contributed by atoms with Gasteiger partial charge in [-0.1, -0.05) is 12.1 Å². The molecule has 2 aromatic carbocycles. The van der Waals surface area contributed by atoms with Gasteiger partial charge >= 0.3 is 5.97 Å². The van der Waals surface area contributed by atoms with Gasteiger partial charge < -0.3 is 18.9 Å². The molecule has 0 amide bonds. The third-order valence-corrected chi connectivity index (χ3v) is 4.52. The lowest BCUT2D eigenvalue weighted by molar-refractivity contribution is -0.141. The Balaban J connectivity index is 1.88. The van der Waals surface area contributed by atoms with E-state index in [4.69, 9.17) is 18.9 Å². The van der Waals surface area contributed by atoms with Gasteiger partial charge in [-0.15, -0.1) is 0 Å². The van der Waals surface area contributed by atoms with Crippen LogP contribution in [-0.2, 0) is 9.53 Å². The summed E-state index contributed by atoms with van der Waals surface area (Å²) >= 11 is 0. The fourth-order valence-corrected chi connectivity index (χ4v) is 3.12. The zero-order valence-corrected chi connectivity index (χ0v) is 17.8. The van der Waals surface area contributed by atoms with Crippen molar-refractivity contribution in [2.24, 2.45) is 0 Å². The average molecular weight is 423 g/mol. The Morgan fingerprint density at radius 3 is 2.58 bits per heavy atom. The van der Waals surface area contributed by atoms with Crippen LogP contribution in [0.4, 0.5) is 0 Å². The summed E-state index contributed by atoms with van der Waals surface area (Å²) < 4.78 is 21.7. The number of ketones is 1. The molecule has 0 unspecified atom stereocenters. The lowest BCUT2D eigenvalue weighted by atomic mass is 10.0. The Kier molecular flexibility index (Phi) is 7.43. The van der Waals surface area contributed by atoms with Crippen LogP contribution < -0.4 is 14.2 Å². The molecule has 3 rings (SSSR count). The average Bonchev–Trinajstić information content (AvgIpc) is 2.77. The normalized spacial score (nSPS) is 10.5. The van der Waals surface area contributed by atoms with Gasteiger partial charge in [-0.25, -0.2) is 0 Å². The van der Waals surface area contributed by atoms with Crippen molar-refractivity contribution < 1.29 is 28.5 Å². The quantitative estimate of drug-likeness (QED) is 0.274. The molecular formula is C24H25NO6. The predicted molar refractivity (Wildman–Crippen MR) is 116 cm³/mol. The number of hydrogen-bond acceptors (Lipinski definition) is 7. The zero-order valence-electron chi connectivity index (χ0n) is 17.8.